The lowest BCUT2D eigenvalue weighted by Gasteiger charge is -2.26. The van der Waals surface area contributed by atoms with Gasteiger partial charge in [-0.3, -0.25) is 4.79 Å². The lowest BCUT2D eigenvalue weighted by molar-refractivity contribution is 0.0932. The Morgan fingerprint density at radius 2 is 2.08 bits per heavy atom. The van der Waals surface area contributed by atoms with E-state index in [9.17, 15) is 4.79 Å². The third-order valence-corrected chi connectivity index (χ3v) is 4.60. The summed E-state index contributed by atoms with van der Waals surface area (Å²) in [4.78, 5) is 16.8. The average molecular weight is 368 g/mol. The highest BCUT2D eigenvalue weighted by Crippen LogP contribution is 2.40. The van der Waals surface area contributed by atoms with E-state index in [0.29, 0.717) is 23.4 Å². The van der Waals surface area contributed by atoms with Gasteiger partial charge in [0.2, 0.25) is 5.82 Å². The number of hydrogen-bond acceptors (Lipinski definition) is 4. The summed E-state index contributed by atoms with van der Waals surface area (Å²) in [5.41, 5.74) is 0.769. The number of amides is 1. The summed E-state index contributed by atoms with van der Waals surface area (Å²) in [7, 11) is 0. The van der Waals surface area contributed by atoms with Crippen molar-refractivity contribution in [2.24, 2.45) is 5.92 Å². The maximum atomic E-state index is 12.3. The molecule has 2 aromatic rings. The molecule has 2 aliphatic rings. The van der Waals surface area contributed by atoms with Crippen molar-refractivity contribution in [3.8, 4) is 5.69 Å². The third kappa shape index (κ3) is 3.41. The van der Waals surface area contributed by atoms with Crippen LogP contribution in [0, 0.1) is 5.92 Å². The molecule has 2 N–H and O–H groups in total. The van der Waals surface area contributed by atoms with E-state index in [1.165, 1.54) is 0 Å². The fraction of sp³-hybridized carbons (Fsp3) is 0.438. The molecule has 0 unspecified atom stereocenters. The summed E-state index contributed by atoms with van der Waals surface area (Å²) >= 11 is 6.28. The van der Waals surface area contributed by atoms with E-state index < -0.39 is 0 Å². The molecule has 1 aliphatic heterocycles. The van der Waals surface area contributed by atoms with Gasteiger partial charge in [0.05, 0.1) is 10.7 Å². The Morgan fingerprint density at radius 1 is 1.33 bits per heavy atom. The zero-order valence-corrected chi connectivity index (χ0v) is 14.6. The number of rotatable bonds is 5. The van der Waals surface area contributed by atoms with Crippen LogP contribution in [0.15, 0.2) is 24.3 Å². The molecule has 8 heteroatoms. The Hall–Kier alpha value is -1.63. The van der Waals surface area contributed by atoms with E-state index in [0.717, 1.165) is 37.4 Å². The molecular formula is C16H19Cl2N5O. The van der Waals surface area contributed by atoms with Gasteiger partial charge in [0, 0.05) is 31.5 Å². The van der Waals surface area contributed by atoms with E-state index >= 15 is 0 Å². The molecule has 0 radical (unpaired) electrons. The molecule has 0 bridgehead atoms. The molecule has 2 heterocycles. The molecule has 1 amide bonds. The second-order valence-corrected chi connectivity index (χ2v) is 6.57. The fourth-order valence-corrected chi connectivity index (χ4v) is 2.85. The molecule has 1 aromatic carbocycles. The van der Waals surface area contributed by atoms with Crippen LogP contribution in [-0.4, -0.2) is 40.3 Å². The van der Waals surface area contributed by atoms with Gasteiger partial charge in [0.25, 0.3) is 5.91 Å². The van der Waals surface area contributed by atoms with Crippen LogP contribution in [0.5, 0.6) is 0 Å². The van der Waals surface area contributed by atoms with Crippen molar-refractivity contribution < 1.29 is 4.79 Å². The van der Waals surface area contributed by atoms with Crippen molar-refractivity contribution in [3.63, 3.8) is 0 Å². The van der Waals surface area contributed by atoms with Gasteiger partial charge >= 0.3 is 0 Å². The summed E-state index contributed by atoms with van der Waals surface area (Å²) in [5.74, 6) is 1.71. The number of para-hydroxylation sites is 1. The molecule has 1 saturated heterocycles. The summed E-state index contributed by atoms with van der Waals surface area (Å²) in [5, 5.41) is 11.1. The Kier molecular flexibility index (Phi) is 5.08. The van der Waals surface area contributed by atoms with Crippen LogP contribution < -0.4 is 10.6 Å². The standard InChI is InChI=1S/C16H18ClN5O.ClH/c17-12-3-1-2-4-13(12)22-15(11-5-6-11)20-14(21-22)16(23)19-9-10-7-18-8-10;/h1-4,10-11,18H,5-9H2,(H,19,23);1H. The molecule has 24 heavy (non-hydrogen) atoms. The maximum absolute atomic E-state index is 12.3. The van der Waals surface area contributed by atoms with Crippen molar-refractivity contribution in [1.82, 2.24) is 25.4 Å². The van der Waals surface area contributed by atoms with Crippen molar-refractivity contribution in [3.05, 3.63) is 40.9 Å². The minimum atomic E-state index is -0.218. The average Bonchev–Trinajstić information content (AvgIpc) is 3.25. The minimum Gasteiger partial charge on any atom is -0.349 e. The molecule has 1 aliphatic carbocycles. The SMILES string of the molecule is Cl.O=C(NCC1CNC1)c1nc(C2CC2)n(-c2ccccc2Cl)n1. The minimum absolute atomic E-state index is 0. The highest BCUT2D eigenvalue weighted by molar-refractivity contribution is 6.32. The molecule has 0 atom stereocenters. The Balaban J connectivity index is 0.00000169. The van der Waals surface area contributed by atoms with Gasteiger partial charge in [-0.05, 0) is 25.0 Å². The largest absolute Gasteiger partial charge is 0.349 e. The summed E-state index contributed by atoms with van der Waals surface area (Å²) in [6.07, 6.45) is 2.16. The first kappa shape index (κ1) is 17.2. The predicted molar refractivity (Wildman–Crippen MR) is 94.3 cm³/mol. The van der Waals surface area contributed by atoms with E-state index in [2.05, 4.69) is 20.7 Å². The van der Waals surface area contributed by atoms with Crippen molar-refractivity contribution in [1.29, 1.82) is 0 Å². The van der Waals surface area contributed by atoms with Crippen LogP contribution in [0.25, 0.3) is 5.69 Å². The van der Waals surface area contributed by atoms with E-state index in [-0.39, 0.29) is 24.1 Å². The smallest absolute Gasteiger partial charge is 0.290 e. The van der Waals surface area contributed by atoms with Gasteiger partial charge in [0.15, 0.2) is 0 Å². The lowest BCUT2D eigenvalue weighted by atomic mass is 10.0. The van der Waals surface area contributed by atoms with Gasteiger partial charge in [-0.25, -0.2) is 9.67 Å². The van der Waals surface area contributed by atoms with Crippen molar-refractivity contribution in [2.75, 3.05) is 19.6 Å². The highest BCUT2D eigenvalue weighted by atomic mass is 35.5. The zero-order chi connectivity index (χ0) is 15.8. The molecule has 128 valence electrons. The number of carbonyl (C=O) groups is 1. The first-order valence-corrected chi connectivity index (χ1v) is 8.31. The molecule has 0 spiro atoms. The normalized spacial score (nSPS) is 17.0. The van der Waals surface area contributed by atoms with Crippen LogP contribution in [-0.2, 0) is 0 Å². The van der Waals surface area contributed by atoms with Gasteiger partial charge in [-0.1, -0.05) is 23.7 Å². The van der Waals surface area contributed by atoms with E-state index in [1.54, 1.807) is 4.68 Å². The molecule has 1 saturated carbocycles. The second-order valence-electron chi connectivity index (χ2n) is 6.17. The Morgan fingerprint density at radius 3 is 2.71 bits per heavy atom. The fourth-order valence-electron chi connectivity index (χ4n) is 2.64. The first-order valence-electron chi connectivity index (χ1n) is 7.93. The topological polar surface area (TPSA) is 71.8 Å². The summed E-state index contributed by atoms with van der Waals surface area (Å²) in [6.45, 7) is 2.56. The highest BCUT2D eigenvalue weighted by Gasteiger charge is 2.32. The van der Waals surface area contributed by atoms with Gasteiger partial charge < -0.3 is 10.6 Å². The number of nitrogens with zero attached hydrogens (tertiary/aromatic N) is 3. The van der Waals surface area contributed by atoms with Crippen LogP contribution in [0.3, 0.4) is 0 Å². The lowest BCUT2D eigenvalue weighted by Crippen LogP contribution is -2.48. The predicted octanol–water partition coefficient (Wildman–Crippen LogP) is 2.17. The van der Waals surface area contributed by atoms with Gasteiger partial charge in [-0.15, -0.1) is 17.5 Å². The molecular weight excluding hydrogens is 349 g/mol. The van der Waals surface area contributed by atoms with E-state index in [1.807, 2.05) is 24.3 Å². The maximum Gasteiger partial charge on any atom is 0.290 e. The Bertz CT molecular complexity index is 740. The Labute approximate surface area is 151 Å². The van der Waals surface area contributed by atoms with Crippen LogP contribution >= 0.6 is 24.0 Å². The number of aromatic nitrogens is 3. The zero-order valence-electron chi connectivity index (χ0n) is 13.0. The molecule has 1 aromatic heterocycles. The quantitative estimate of drug-likeness (QED) is 0.849. The number of halogens is 2. The number of hydrogen-bond donors (Lipinski definition) is 2. The van der Waals surface area contributed by atoms with Crippen molar-refractivity contribution in [2.45, 2.75) is 18.8 Å². The van der Waals surface area contributed by atoms with Gasteiger partial charge in [0.1, 0.15) is 5.82 Å². The first-order chi connectivity index (χ1) is 11.2. The second kappa shape index (κ2) is 7.09. The molecule has 6 nitrogen and oxygen atoms in total. The molecule has 2 fully saturated rings. The van der Waals surface area contributed by atoms with Crippen LogP contribution in [0.2, 0.25) is 5.02 Å². The van der Waals surface area contributed by atoms with Crippen LogP contribution in [0.1, 0.15) is 35.2 Å². The van der Waals surface area contributed by atoms with Crippen molar-refractivity contribution >= 4 is 29.9 Å². The van der Waals surface area contributed by atoms with E-state index in [4.69, 9.17) is 11.6 Å². The summed E-state index contributed by atoms with van der Waals surface area (Å²) < 4.78 is 1.72. The summed E-state index contributed by atoms with van der Waals surface area (Å²) in [6, 6.07) is 7.49. The number of benzene rings is 1. The van der Waals surface area contributed by atoms with Crippen LogP contribution in [0.4, 0.5) is 0 Å². The number of carbonyl (C=O) groups excluding carboxylic acids is 1. The third-order valence-electron chi connectivity index (χ3n) is 4.28. The number of nitrogens with one attached hydrogen (secondary N) is 2. The molecule has 4 rings (SSSR count). The van der Waals surface area contributed by atoms with Gasteiger partial charge in [-0.2, -0.15) is 0 Å². The monoisotopic (exact) mass is 367 g/mol.